The van der Waals surface area contributed by atoms with Crippen LogP contribution in [-0.2, 0) is 17.8 Å². The molecule has 1 amide bonds. The highest BCUT2D eigenvalue weighted by molar-refractivity contribution is 5.86. The summed E-state index contributed by atoms with van der Waals surface area (Å²) in [6.45, 7) is 2.80. The van der Waals surface area contributed by atoms with Gasteiger partial charge in [-0.3, -0.25) is 14.0 Å². The van der Waals surface area contributed by atoms with E-state index in [1.54, 1.807) is 16.5 Å². The topological polar surface area (TPSA) is 77.6 Å². The molecule has 8 heteroatoms. The van der Waals surface area contributed by atoms with Crippen molar-refractivity contribution in [1.82, 2.24) is 19.5 Å². The molecule has 4 rings (SSSR count). The van der Waals surface area contributed by atoms with Gasteiger partial charge in [-0.2, -0.15) is 5.10 Å². The number of nitrogens with zero attached hydrogens (tertiary/aromatic N) is 3. The van der Waals surface area contributed by atoms with E-state index in [9.17, 15) is 14.0 Å². The van der Waals surface area contributed by atoms with Crippen LogP contribution < -0.4 is 15.6 Å². The van der Waals surface area contributed by atoms with Gasteiger partial charge in [-0.05, 0) is 55.3 Å². The van der Waals surface area contributed by atoms with Crippen molar-refractivity contribution in [1.29, 1.82) is 0 Å². The van der Waals surface area contributed by atoms with E-state index < -0.39 is 5.56 Å². The highest BCUT2D eigenvalue weighted by Crippen LogP contribution is 2.18. The number of carbonyl (C=O) groups excluding carboxylic acids is 1. The normalized spacial score (nSPS) is 11.1. The standard InChI is InChI=1S/C22H21FN4O3/c1-2-30-18-6-3-15(4-7-18)9-10-24-21(28)13-27-22(29)20-12-16-11-17(23)5-8-19(16)26(20)14-25-27/h3-8,11-12,14H,2,9-10,13H2,1H3,(H,24,28). The van der Waals surface area contributed by atoms with E-state index in [2.05, 4.69) is 10.4 Å². The van der Waals surface area contributed by atoms with Gasteiger partial charge >= 0.3 is 0 Å². The Morgan fingerprint density at radius 2 is 1.93 bits per heavy atom. The first-order chi connectivity index (χ1) is 14.5. The van der Waals surface area contributed by atoms with Crippen LogP contribution in [0.15, 0.2) is 59.7 Å². The number of carbonyl (C=O) groups is 1. The third-order valence-electron chi connectivity index (χ3n) is 4.82. The lowest BCUT2D eigenvalue weighted by Crippen LogP contribution is -2.35. The maximum absolute atomic E-state index is 13.4. The fourth-order valence-corrected chi connectivity index (χ4v) is 3.36. The third kappa shape index (κ3) is 4.03. The quantitative estimate of drug-likeness (QED) is 0.510. The Hall–Kier alpha value is -3.68. The molecule has 2 heterocycles. The smallest absolute Gasteiger partial charge is 0.291 e. The molecule has 0 aliphatic heterocycles. The van der Waals surface area contributed by atoms with Crippen LogP contribution in [0.4, 0.5) is 4.39 Å². The zero-order valence-corrected chi connectivity index (χ0v) is 16.5. The van der Waals surface area contributed by atoms with Crippen LogP contribution in [0.3, 0.4) is 0 Å². The summed E-state index contributed by atoms with van der Waals surface area (Å²) in [4.78, 5) is 25.0. The Balaban J connectivity index is 1.41. The third-order valence-corrected chi connectivity index (χ3v) is 4.82. The first-order valence-electron chi connectivity index (χ1n) is 9.70. The number of rotatable bonds is 7. The molecule has 0 saturated heterocycles. The highest BCUT2D eigenvalue weighted by atomic mass is 19.1. The van der Waals surface area contributed by atoms with E-state index in [0.717, 1.165) is 16.0 Å². The minimum atomic E-state index is -0.407. The van der Waals surface area contributed by atoms with Gasteiger partial charge in [0.05, 0.1) is 12.1 Å². The van der Waals surface area contributed by atoms with Gasteiger partial charge in [-0.15, -0.1) is 0 Å². The summed E-state index contributed by atoms with van der Waals surface area (Å²) in [7, 11) is 0. The molecule has 0 spiro atoms. The molecule has 0 aliphatic rings. The molecule has 2 aromatic heterocycles. The minimum Gasteiger partial charge on any atom is -0.494 e. The second-order valence-electron chi connectivity index (χ2n) is 6.87. The highest BCUT2D eigenvalue weighted by Gasteiger charge is 2.12. The summed E-state index contributed by atoms with van der Waals surface area (Å²) in [6, 6.07) is 13.6. The monoisotopic (exact) mass is 408 g/mol. The summed E-state index contributed by atoms with van der Waals surface area (Å²) in [6.07, 6.45) is 2.12. The second-order valence-corrected chi connectivity index (χ2v) is 6.87. The molecule has 154 valence electrons. The molecule has 30 heavy (non-hydrogen) atoms. The number of nitrogens with one attached hydrogen (secondary N) is 1. The molecule has 7 nitrogen and oxygen atoms in total. The molecule has 0 saturated carbocycles. The number of fused-ring (bicyclic) bond motifs is 3. The number of aromatic nitrogens is 3. The van der Waals surface area contributed by atoms with E-state index in [0.29, 0.717) is 36.0 Å². The Morgan fingerprint density at radius 1 is 1.13 bits per heavy atom. The summed E-state index contributed by atoms with van der Waals surface area (Å²) < 4.78 is 21.6. The van der Waals surface area contributed by atoms with Crippen molar-refractivity contribution in [2.24, 2.45) is 0 Å². The molecule has 1 N–H and O–H groups in total. The van der Waals surface area contributed by atoms with Crippen molar-refractivity contribution in [3.05, 3.63) is 76.6 Å². The Labute approximate surface area is 171 Å². The SMILES string of the molecule is CCOc1ccc(CCNC(=O)Cn2ncn3c(cc4cc(F)ccc43)c2=O)cc1. The lowest BCUT2D eigenvalue weighted by atomic mass is 10.1. The fraction of sp³-hybridized carbons (Fsp3) is 0.227. The van der Waals surface area contributed by atoms with Crippen molar-refractivity contribution >= 4 is 22.3 Å². The van der Waals surface area contributed by atoms with Crippen LogP contribution in [0, 0.1) is 5.82 Å². The summed E-state index contributed by atoms with van der Waals surface area (Å²) in [5, 5.41) is 7.49. The Bertz CT molecular complexity index is 1260. The van der Waals surface area contributed by atoms with Crippen LogP contribution in [0.1, 0.15) is 12.5 Å². The number of amides is 1. The molecule has 0 bridgehead atoms. The van der Waals surface area contributed by atoms with Gasteiger partial charge in [0, 0.05) is 11.9 Å². The number of halogens is 1. The van der Waals surface area contributed by atoms with Gasteiger partial charge in [-0.1, -0.05) is 12.1 Å². The second kappa shape index (κ2) is 8.36. The molecule has 2 aromatic carbocycles. The molecule has 0 aliphatic carbocycles. The van der Waals surface area contributed by atoms with E-state index in [1.807, 2.05) is 31.2 Å². The van der Waals surface area contributed by atoms with Crippen molar-refractivity contribution in [2.45, 2.75) is 19.9 Å². The maximum Gasteiger partial charge on any atom is 0.291 e. The van der Waals surface area contributed by atoms with Crippen LogP contribution >= 0.6 is 0 Å². The van der Waals surface area contributed by atoms with Crippen molar-refractivity contribution in [3.8, 4) is 5.75 Å². The van der Waals surface area contributed by atoms with Gasteiger partial charge < -0.3 is 10.1 Å². The van der Waals surface area contributed by atoms with Crippen LogP contribution in [-0.4, -0.2) is 33.2 Å². The molecular weight excluding hydrogens is 387 g/mol. The molecule has 0 radical (unpaired) electrons. The molecule has 0 unspecified atom stereocenters. The van der Waals surface area contributed by atoms with E-state index in [1.165, 1.54) is 18.5 Å². The summed E-state index contributed by atoms with van der Waals surface area (Å²) in [5.74, 6) is 0.132. The van der Waals surface area contributed by atoms with Crippen LogP contribution in [0.5, 0.6) is 5.75 Å². The predicted molar refractivity (Wildman–Crippen MR) is 111 cm³/mol. The zero-order valence-electron chi connectivity index (χ0n) is 16.5. The lowest BCUT2D eigenvalue weighted by molar-refractivity contribution is -0.121. The first-order valence-corrected chi connectivity index (χ1v) is 9.70. The number of benzene rings is 2. The molecule has 4 aromatic rings. The van der Waals surface area contributed by atoms with Gasteiger partial charge in [0.1, 0.15) is 30.0 Å². The molecule has 0 atom stereocenters. The zero-order chi connectivity index (χ0) is 21.1. The molecule has 0 fully saturated rings. The maximum atomic E-state index is 13.4. The van der Waals surface area contributed by atoms with Crippen LogP contribution in [0.25, 0.3) is 16.4 Å². The number of ether oxygens (including phenoxy) is 1. The summed E-state index contributed by atoms with van der Waals surface area (Å²) >= 11 is 0. The van der Waals surface area contributed by atoms with Gasteiger partial charge in [0.2, 0.25) is 5.91 Å². The average Bonchev–Trinajstić information content (AvgIpc) is 3.10. The Kier molecular flexibility index (Phi) is 5.47. The summed E-state index contributed by atoms with van der Waals surface area (Å²) in [5.41, 5.74) is 1.69. The van der Waals surface area contributed by atoms with E-state index >= 15 is 0 Å². The lowest BCUT2D eigenvalue weighted by Gasteiger charge is -2.08. The van der Waals surface area contributed by atoms with Gasteiger partial charge in [0.15, 0.2) is 0 Å². The Morgan fingerprint density at radius 3 is 2.70 bits per heavy atom. The average molecular weight is 408 g/mol. The van der Waals surface area contributed by atoms with Crippen molar-refractivity contribution in [3.63, 3.8) is 0 Å². The van der Waals surface area contributed by atoms with Crippen molar-refractivity contribution < 1.29 is 13.9 Å². The fourth-order valence-electron chi connectivity index (χ4n) is 3.36. The largest absolute Gasteiger partial charge is 0.494 e. The molecular formula is C22H21FN4O3. The minimum absolute atomic E-state index is 0.186. The van der Waals surface area contributed by atoms with Crippen LogP contribution in [0.2, 0.25) is 0 Å². The van der Waals surface area contributed by atoms with Gasteiger partial charge in [0.25, 0.3) is 5.56 Å². The predicted octanol–water partition coefficient (Wildman–Crippen LogP) is 2.55. The van der Waals surface area contributed by atoms with E-state index in [-0.39, 0.29) is 18.3 Å². The van der Waals surface area contributed by atoms with Crippen molar-refractivity contribution in [2.75, 3.05) is 13.2 Å². The number of hydrogen-bond acceptors (Lipinski definition) is 4. The van der Waals surface area contributed by atoms with E-state index in [4.69, 9.17) is 4.74 Å². The first kappa shape index (κ1) is 19.6. The van der Waals surface area contributed by atoms with Gasteiger partial charge in [-0.25, -0.2) is 9.07 Å². The number of hydrogen-bond donors (Lipinski definition) is 1.